The summed E-state index contributed by atoms with van der Waals surface area (Å²) in [6.45, 7) is 3.20. The fraction of sp³-hybridized carbons (Fsp3) is 0.214. The number of carbonyl (C=O) groups is 1. The van der Waals surface area contributed by atoms with Crippen LogP contribution < -0.4 is 5.32 Å². The second kappa shape index (κ2) is 5.96. The molecule has 1 amide bonds. The highest BCUT2D eigenvalue weighted by atomic mass is 35.5. The molecule has 130 valence electrons. The van der Waals surface area contributed by atoms with Gasteiger partial charge in [-0.3, -0.25) is 4.79 Å². The lowest BCUT2D eigenvalue weighted by molar-refractivity contribution is -0.144. The van der Waals surface area contributed by atoms with E-state index in [-0.39, 0.29) is 17.2 Å². The van der Waals surface area contributed by atoms with E-state index in [1.165, 1.54) is 13.0 Å². The first-order chi connectivity index (χ1) is 11.6. The molecule has 11 heteroatoms. The Kier molecular flexibility index (Phi) is 4.07. The van der Waals surface area contributed by atoms with Crippen LogP contribution in [-0.4, -0.2) is 30.7 Å². The number of rotatable bonds is 2. The lowest BCUT2D eigenvalue weighted by Crippen LogP contribution is -2.18. The summed E-state index contributed by atoms with van der Waals surface area (Å²) in [4.78, 5) is 15.6. The van der Waals surface area contributed by atoms with Gasteiger partial charge in [-0.15, -0.1) is 15.3 Å². The van der Waals surface area contributed by atoms with Crippen molar-refractivity contribution < 1.29 is 18.0 Å². The molecule has 0 aliphatic rings. The van der Waals surface area contributed by atoms with E-state index in [4.69, 9.17) is 11.6 Å². The van der Waals surface area contributed by atoms with E-state index in [0.29, 0.717) is 10.7 Å². The number of hydrogen-bond donors (Lipinski definition) is 1. The Morgan fingerprint density at radius 2 is 1.92 bits per heavy atom. The van der Waals surface area contributed by atoms with Crippen LogP contribution in [0, 0.1) is 13.8 Å². The third-order valence-electron chi connectivity index (χ3n) is 3.26. The number of aryl methyl sites for hydroxylation is 2. The minimum atomic E-state index is -4.72. The number of amides is 1. The molecular formula is C14H10ClF3N6O. The zero-order valence-electron chi connectivity index (χ0n) is 12.9. The molecule has 0 saturated carbocycles. The van der Waals surface area contributed by atoms with Crippen molar-refractivity contribution in [1.29, 1.82) is 0 Å². The number of halogens is 4. The van der Waals surface area contributed by atoms with Gasteiger partial charge in [-0.05, 0) is 37.6 Å². The standard InChI is InChI=1S/C14H10ClF3N6O/c1-6-3-8(15)5-9(4-6)19-11(25)10-7(2)24-13(22-21-10)20-12(23-24)14(16,17)18/h3-5H,1-2H3,(H,19,25). The molecule has 1 N–H and O–H groups in total. The van der Waals surface area contributed by atoms with Gasteiger partial charge in [0.25, 0.3) is 17.5 Å². The van der Waals surface area contributed by atoms with E-state index in [2.05, 4.69) is 25.6 Å². The van der Waals surface area contributed by atoms with Crippen molar-refractivity contribution >= 4 is 29.0 Å². The molecule has 1 aromatic carbocycles. The zero-order valence-corrected chi connectivity index (χ0v) is 13.6. The third-order valence-corrected chi connectivity index (χ3v) is 3.48. The van der Waals surface area contributed by atoms with Crippen LogP contribution in [0.1, 0.15) is 27.6 Å². The molecule has 0 unspecified atom stereocenters. The van der Waals surface area contributed by atoms with Gasteiger partial charge in [0.15, 0.2) is 5.69 Å². The summed E-state index contributed by atoms with van der Waals surface area (Å²) < 4.78 is 38.9. The van der Waals surface area contributed by atoms with Crippen molar-refractivity contribution in [3.8, 4) is 0 Å². The van der Waals surface area contributed by atoms with Gasteiger partial charge in [0.1, 0.15) is 0 Å². The average molecular weight is 371 g/mol. The van der Waals surface area contributed by atoms with Crippen molar-refractivity contribution in [2.75, 3.05) is 5.32 Å². The molecule has 0 atom stereocenters. The number of anilines is 1. The van der Waals surface area contributed by atoms with Gasteiger partial charge >= 0.3 is 6.18 Å². The number of benzene rings is 1. The van der Waals surface area contributed by atoms with Crippen LogP contribution in [0.15, 0.2) is 18.2 Å². The maximum absolute atomic E-state index is 12.7. The minimum Gasteiger partial charge on any atom is -0.320 e. The van der Waals surface area contributed by atoms with E-state index < -0.39 is 17.9 Å². The number of nitrogens with zero attached hydrogens (tertiary/aromatic N) is 5. The SMILES string of the molecule is Cc1cc(Cl)cc(NC(=O)c2nnc3nc(C(F)(F)F)nn3c2C)c1. The highest BCUT2D eigenvalue weighted by Crippen LogP contribution is 2.26. The highest BCUT2D eigenvalue weighted by molar-refractivity contribution is 6.31. The van der Waals surface area contributed by atoms with Gasteiger partial charge < -0.3 is 5.32 Å². The average Bonchev–Trinajstić information content (AvgIpc) is 2.91. The Labute approximate surface area is 143 Å². The van der Waals surface area contributed by atoms with E-state index in [1.54, 1.807) is 19.1 Å². The lowest BCUT2D eigenvalue weighted by atomic mass is 10.2. The largest absolute Gasteiger partial charge is 0.453 e. The second-order valence-corrected chi connectivity index (χ2v) is 5.69. The van der Waals surface area contributed by atoms with Gasteiger partial charge in [-0.25, -0.2) is 0 Å². The van der Waals surface area contributed by atoms with E-state index in [1.807, 2.05) is 0 Å². The molecule has 7 nitrogen and oxygen atoms in total. The molecule has 25 heavy (non-hydrogen) atoms. The summed E-state index contributed by atoms with van der Waals surface area (Å²) >= 11 is 5.93. The summed E-state index contributed by atoms with van der Waals surface area (Å²) in [6.07, 6.45) is -4.72. The summed E-state index contributed by atoms with van der Waals surface area (Å²) in [5, 5.41) is 13.5. The van der Waals surface area contributed by atoms with Crippen LogP contribution in [-0.2, 0) is 6.18 Å². The summed E-state index contributed by atoms with van der Waals surface area (Å²) in [7, 11) is 0. The van der Waals surface area contributed by atoms with Crippen molar-refractivity contribution in [3.63, 3.8) is 0 Å². The minimum absolute atomic E-state index is 0.0734. The van der Waals surface area contributed by atoms with Crippen LogP contribution >= 0.6 is 11.6 Å². The maximum atomic E-state index is 12.7. The third kappa shape index (κ3) is 3.38. The van der Waals surface area contributed by atoms with Crippen molar-refractivity contribution in [2.24, 2.45) is 0 Å². The lowest BCUT2D eigenvalue weighted by Gasteiger charge is -2.08. The quantitative estimate of drug-likeness (QED) is 0.749. The predicted molar refractivity (Wildman–Crippen MR) is 82.5 cm³/mol. The second-order valence-electron chi connectivity index (χ2n) is 5.25. The highest BCUT2D eigenvalue weighted by Gasteiger charge is 2.37. The van der Waals surface area contributed by atoms with Gasteiger partial charge in [0.05, 0.1) is 5.69 Å². The summed E-state index contributed by atoms with van der Waals surface area (Å²) in [6, 6.07) is 4.93. The van der Waals surface area contributed by atoms with E-state index >= 15 is 0 Å². The number of alkyl halides is 3. The molecular weight excluding hydrogens is 361 g/mol. The fourth-order valence-corrected chi connectivity index (χ4v) is 2.48. The summed E-state index contributed by atoms with van der Waals surface area (Å²) in [5.74, 6) is -2.36. The van der Waals surface area contributed by atoms with Crippen molar-refractivity contribution in [2.45, 2.75) is 20.0 Å². The Morgan fingerprint density at radius 1 is 1.20 bits per heavy atom. The molecule has 2 heterocycles. The number of aromatic nitrogens is 5. The monoisotopic (exact) mass is 370 g/mol. The molecule has 0 aliphatic carbocycles. The number of carbonyl (C=O) groups excluding carboxylic acids is 1. The zero-order chi connectivity index (χ0) is 18.4. The Bertz CT molecular complexity index is 964. The van der Waals surface area contributed by atoms with Gasteiger partial charge in [0.2, 0.25) is 0 Å². The first kappa shape index (κ1) is 17.1. The predicted octanol–water partition coefficient (Wildman–Crippen LogP) is 3.06. The van der Waals surface area contributed by atoms with Gasteiger partial charge in [-0.2, -0.15) is 22.7 Å². The molecule has 3 aromatic rings. The molecule has 0 spiro atoms. The Morgan fingerprint density at radius 3 is 2.56 bits per heavy atom. The molecule has 0 radical (unpaired) electrons. The molecule has 0 bridgehead atoms. The molecule has 2 aromatic heterocycles. The normalized spacial score (nSPS) is 11.8. The first-order valence-corrected chi connectivity index (χ1v) is 7.29. The smallest absolute Gasteiger partial charge is 0.320 e. The Balaban J connectivity index is 1.97. The molecule has 0 aliphatic heterocycles. The van der Waals surface area contributed by atoms with Gasteiger partial charge in [-0.1, -0.05) is 11.6 Å². The van der Waals surface area contributed by atoms with Crippen LogP contribution in [0.25, 0.3) is 5.78 Å². The number of nitrogens with one attached hydrogen (secondary N) is 1. The fourth-order valence-electron chi connectivity index (χ4n) is 2.19. The topological polar surface area (TPSA) is 85.1 Å². The molecule has 3 rings (SSSR count). The number of hydrogen-bond acceptors (Lipinski definition) is 5. The van der Waals surface area contributed by atoms with Crippen LogP contribution in [0.5, 0.6) is 0 Å². The van der Waals surface area contributed by atoms with Crippen LogP contribution in [0.4, 0.5) is 18.9 Å². The van der Waals surface area contributed by atoms with Crippen molar-refractivity contribution in [1.82, 2.24) is 24.8 Å². The molecule has 0 fully saturated rings. The summed E-state index contributed by atoms with van der Waals surface area (Å²) in [5.41, 5.74) is 1.14. The number of fused-ring (bicyclic) bond motifs is 1. The van der Waals surface area contributed by atoms with Crippen LogP contribution in [0.2, 0.25) is 5.02 Å². The van der Waals surface area contributed by atoms with E-state index in [0.717, 1.165) is 10.1 Å². The maximum Gasteiger partial charge on any atom is 0.453 e. The Hall–Kier alpha value is -2.75. The van der Waals surface area contributed by atoms with E-state index in [9.17, 15) is 18.0 Å². The molecule has 0 saturated heterocycles. The van der Waals surface area contributed by atoms with Gasteiger partial charge in [0, 0.05) is 10.7 Å². The van der Waals surface area contributed by atoms with Crippen LogP contribution in [0.3, 0.4) is 0 Å². The van der Waals surface area contributed by atoms with Crippen molar-refractivity contribution in [3.05, 3.63) is 46.0 Å². The first-order valence-electron chi connectivity index (χ1n) is 6.91.